The Hall–Kier alpha value is -2.30. The molecule has 1 aromatic rings. The Balaban J connectivity index is 2.54. The van der Waals surface area contributed by atoms with Gasteiger partial charge in [0.25, 0.3) is 0 Å². The largest absolute Gasteiger partial charge is 0.497 e. The minimum absolute atomic E-state index is 0.120. The van der Waals surface area contributed by atoms with Crippen LogP contribution >= 0.6 is 0 Å². The summed E-state index contributed by atoms with van der Waals surface area (Å²) in [5.41, 5.74) is 1.67. The monoisotopic (exact) mass is 261 g/mol. The van der Waals surface area contributed by atoms with Gasteiger partial charge in [0.1, 0.15) is 18.1 Å². The Kier molecular flexibility index (Phi) is 3.55. The number of nitrogens with one attached hydrogen (secondary N) is 1. The minimum atomic E-state index is -0.225. The highest BCUT2D eigenvalue weighted by molar-refractivity contribution is 6.04. The fourth-order valence-corrected chi connectivity index (χ4v) is 1.94. The summed E-state index contributed by atoms with van der Waals surface area (Å²) in [5.74, 6) is 0.905. The summed E-state index contributed by atoms with van der Waals surface area (Å²) >= 11 is 0. The molecule has 0 aromatic heterocycles. The number of amides is 1. The molecule has 2 rings (SSSR count). The Morgan fingerprint density at radius 1 is 1.32 bits per heavy atom. The standard InChI is InChI=1S/C14H15NO4/c1-8(16)12-7-19-13-6-10(18-3)4-5-11(13)14(12)15-9(2)17/h4-6H,7H2,1-3H3,(H,15,17). The van der Waals surface area contributed by atoms with Gasteiger partial charge < -0.3 is 14.8 Å². The lowest BCUT2D eigenvalue weighted by Gasteiger charge is -2.23. The molecule has 0 saturated carbocycles. The van der Waals surface area contributed by atoms with E-state index in [0.717, 1.165) is 0 Å². The molecule has 0 fully saturated rings. The highest BCUT2D eigenvalue weighted by Crippen LogP contribution is 2.34. The minimum Gasteiger partial charge on any atom is -0.497 e. The van der Waals surface area contributed by atoms with Gasteiger partial charge in [-0.25, -0.2) is 0 Å². The summed E-state index contributed by atoms with van der Waals surface area (Å²) in [4.78, 5) is 22.9. The number of hydrogen-bond donors (Lipinski definition) is 1. The van der Waals surface area contributed by atoms with Crippen LogP contribution < -0.4 is 14.8 Å². The number of rotatable bonds is 3. The number of benzene rings is 1. The van der Waals surface area contributed by atoms with E-state index < -0.39 is 0 Å². The van der Waals surface area contributed by atoms with Crippen molar-refractivity contribution in [2.24, 2.45) is 0 Å². The van der Waals surface area contributed by atoms with Crippen LogP contribution in [0.5, 0.6) is 11.5 Å². The molecule has 1 N–H and O–H groups in total. The van der Waals surface area contributed by atoms with Gasteiger partial charge in [-0.3, -0.25) is 9.59 Å². The Morgan fingerprint density at radius 3 is 2.63 bits per heavy atom. The first kappa shape index (κ1) is 13.1. The molecular weight excluding hydrogens is 246 g/mol. The average molecular weight is 261 g/mol. The first-order valence-electron chi connectivity index (χ1n) is 5.86. The summed E-state index contributed by atoms with van der Waals surface area (Å²) in [6, 6.07) is 5.25. The fraction of sp³-hybridized carbons (Fsp3) is 0.286. The van der Waals surface area contributed by atoms with Crippen molar-refractivity contribution in [2.75, 3.05) is 13.7 Å². The molecule has 5 nitrogen and oxygen atoms in total. The van der Waals surface area contributed by atoms with Gasteiger partial charge in [0.15, 0.2) is 5.78 Å². The predicted molar refractivity (Wildman–Crippen MR) is 69.9 cm³/mol. The summed E-state index contributed by atoms with van der Waals surface area (Å²) in [6.07, 6.45) is 0. The number of carbonyl (C=O) groups is 2. The van der Waals surface area contributed by atoms with Crippen LogP contribution in [0.2, 0.25) is 0 Å². The summed E-state index contributed by atoms with van der Waals surface area (Å²) in [7, 11) is 1.57. The normalized spacial score (nSPS) is 13.4. The maximum absolute atomic E-state index is 11.6. The van der Waals surface area contributed by atoms with Crippen LogP contribution in [0, 0.1) is 0 Å². The van der Waals surface area contributed by atoms with Gasteiger partial charge in [0.2, 0.25) is 5.91 Å². The van der Waals surface area contributed by atoms with E-state index in [0.29, 0.717) is 28.3 Å². The van der Waals surface area contributed by atoms with Crippen LogP contribution in [0.15, 0.2) is 23.8 Å². The van der Waals surface area contributed by atoms with Crippen molar-refractivity contribution in [3.05, 3.63) is 29.3 Å². The van der Waals surface area contributed by atoms with Crippen molar-refractivity contribution >= 4 is 17.4 Å². The van der Waals surface area contributed by atoms with Crippen molar-refractivity contribution in [3.8, 4) is 11.5 Å². The lowest BCUT2D eigenvalue weighted by Crippen LogP contribution is -2.27. The second-order valence-electron chi connectivity index (χ2n) is 4.24. The molecule has 1 aliphatic rings. The van der Waals surface area contributed by atoms with E-state index in [9.17, 15) is 9.59 Å². The van der Waals surface area contributed by atoms with Crippen LogP contribution in [-0.2, 0) is 9.59 Å². The van der Waals surface area contributed by atoms with Gasteiger partial charge in [-0.15, -0.1) is 0 Å². The molecule has 0 atom stereocenters. The summed E-state index contributed by atoms with van der Waals surface area (Å²) in [6.45, 7) is 3.00. The maximum atomic E-state index is 11.6. The van der Waals surface area contributed by atoms with E-state index in [1.165, 1.54) is 13.8 Å². The van der Waals surface area contributed by atoms with Gasteiger partial charge in [0, 0.05) is 18.6 Å². The van der Waals surface area contributed by atoms with Crippen LogP contribution in [0.1, 0.15) is 19.4 Å². The molecule has 1 aliphatic heterocycles. The van der Waals surface area contributed by atoms with Gasteiger partial charge in [-0.05, 0) is 19.1 Å². The molecule has 5 heteroatoms. The fourth-order valence-electron chi connectivity index (χ4n) is 1.94. The van der Waals surface area contributed by atoms with E-state index in [2.05, 4.69) is 5.32 Å². The first-order valence-corrected chi connectivity index (χ1v) is 5.86. The van der Waals surface area contributed by atoms with Gasteiger partial charge in [0.05, 0.1) is 18.4 Å². The lowest BCUT2D eigenvalue weighted by molar-refractivity contribution is -0.117. The molecule has 1 heterocycles. The zero-order valence-electron chi connectivity index (χ0n) is 11.1. The predicted octanol–water partition coefficient (Wildman–Crippen LogP) is 1.52. The number of hydrogen-bond acceptors (Lipinski definition) is 4. The molecular formula is C14H15NO4. The number of ketones is 1. The van der Waals surface area contributed by atoms with E-state index in [1.54, 1.807) is 25.3 Å². The molecule has 0 aliphatic carbocycles. The third-order valence-corrected chi connectivity index (χ3v) is 2.86. The van der Waals surface area contributed by atoms with Crippen molar-refractivity contribution in [3.63, 3.8) is 0 Å². The number of fused-ring (bicyclic) bond motifs is 1. The summed E-state index contributed by atoms with van der Waals surface area (Å²) < 4.78 is 10.7. The van der Waals surface area contributed by atoms with E-state index in [4.69, 9.17) is 9.47 Å². The molecule has 0 radical (unpaired) electrons. The van der Waals surface area contributed by atoms with Crippen LogP contribution in [0.3, 0.4) is 0 Å². The van der Waals surface area contributed by atoms with Crippen molar-refractivity contribution in [1.82, 2.24) is 5.32 Å². The van der Waals surface area contributed by atoms with Gasteiger partial charge in [-0.2, -0.15) is 0 Å². The zero-order valence-corrected chi connectivity index (χ0v) is 11.1. The Morgan fingerprint density at radius 2 is 2.05 bits per heavy atom. The van der Waals surface area contributed by atoms with Gasteiger partial charge in [-0.1, -0.05) is 0 Å². The van der Waals surface area contributed by atoms with Crippen molar-refractivity contribution in [1.29, 1.82) is 0 Å². The Bertz CT molecular complexity index is 575. The Labute approximate surface area is 111 Å². The number of ether oxygens (including phenoxy) is 2. The molecule has 0 spiro atoms. The van der Waals surface area contributed by atoms with Crippen molar-refractivity contribution in [2.45, 2.75) is 13.8 Å². The van der Waals surface area contributed by atoms with Crippen molar-refractivity contribution < 1.29 is 19.1 Å². The number of methoxy groups -OCH3 is 1. The topological polar surface area (TPSA) is 64.6 Å². The maximum Gasteiger partial charge on any atom is 0.221 e. The molecule has 100 valence electrons. The number of Topliss-reactive ketones (excluding diaryl/α,β-unsaturated/α-hetero) is 1. The van der Waals surface area contributed by atoms with Crippen LogP contribution in [0.4, 0.5) is 0 Å². The smallest absolute Gasteiger partial charge is 0.221 e. The molecule has 0 unspecified atom stereocenters. The number of carbonyl (C=O) groups excluding carboxylic acids is 2. The highest BCUT2D eigenvalue weighted by atomic mass is 16.5. The molecule has 0 saturated heterocycles. The molecule has 19 heavy (non-hydrogen) atoms. The molecule has 0 bridgehead atoms. The van der Waals surface area contributed by atoms with E-state index in [-0.39, 0.29) is 18.3 Å². The lowest BCUT2D eigenvalue weighted by atomic mass is 10.0. The average Bonchev–Trinajstić information content (AvgIpc) is 2.37. The first-order chi connectivity index (χ1) is 9.02. The third-order valence-electron chi connectivity index (χ3n) is 2.86. The molecule has 1 aromatic carbocycles. The van der Waals surface area contributed by atoms with Crippen LogP contribution in [-0.4, -0.2) is 25.4 Å². The van der Waals surface area contributed by atoms with E-state index >= 15 is 0 Å². The zero-order chi connectivity index (χ0) is 14.0. The SMILES string of the molecule is COc1ccc2c(c1)OCC(C(C)=O)=C2NC(C)=O. The second kappa shape index (κ2) is 5.14. The van der Waals surface area contributed by atoms with E-state index in [1.807, 2.05) is 0 Å². The highest BCUT2D eigenvalue weighted by Gasteiger charge is 2.24. The second-order valence-corrected chi connectivity index (χ2v) is 4.24. The van der Waals surface area contributed by atoms with Gasteiger partial charge >= 0.3 is 0 Å². The van der Waals surface area contributed by atoms with Crippen LogP contribution in [0.25, 0.3) is 5.70 Å². The summed E-state index contributed by atoms with van der Waals surface area (Å²) in [5, 5.41) is 2.71. The third kappa shape index (κ3) is 2.59. The molecule has 1 amide bonds. The quantitative estimate of drug-likeness (QED) is 0.896.